The van der Waals surface area contributed by atoms with Gasteiger partial charge in [-0.1, -0.05) is 0 Å². The standard InChI is InChI=1S/C10H11F2N5/c1-7(9(11)12)16-8-3-2-4-14-10(8)17-6-13-5-15-17/h2-7,9,16H,1H3. The van der Waals surface area contributed by atoms with E-state index < -0.39 is 12.5 Å². The third-order valence-electron chi connectivity index (χ3n) is 2.18. The van der Waals surface area contributed by atoms with Crippen LogP contribution in [0.5, 0.6) is 0 Å². The maximum absolute atomic E-state index is 12.5. The van der Waals surface area contributed by atoms with Crippen molar-refractivity contribution >= 4 is 5.69 Å². The second-order valence-corrected chi connectivity index (χ2v) is 3.48. The summed E-state index contributed by atoms with van der Waals surface area (Å²) in [5.41, 5.74) is 0.491. The summed E-state index contributed by atoms with van der Waals surface area (Å²) in [6.45, 7) is 1.41. The second kappa shape index (κ2) is 4.86. The Balaban J connectivity index is 2.29. The van der Waals surface area contributed by atoms with Crippen molar-refractivity contribution in [3.8, 4) is 5.82 Å². The Hall–Kier alpha value is -2.05. The van der Waals surface area contributed by atoms with Crippen molar-refractivity contribution in [1.29, 1.82) is 0 Å². The summed E-state index contributed by atoms with van der Waals surface area (Å²) in [7, 11) is 0. The van der Waals surface area contributed by atoms with Crippen LogP contribution < -0.4 is 5.32 Å². The number of hydrogen-bond acceptors (Lipinski definition) is 4. The lowest BCUT2D eigenvalue weighted by Crippen LogP contribution is -2.24. The first-order valence-corrected chi connectivity index (χ1v) is 5.03. The Kier molecular flexibility index (Phi) is 3.27. The Morgan fingerprint density at radius 2 is 2.24 bits per heavy atom. The molecule has 0 amide bonds. The maximum atomic E-state index is 12.5. The zero-order valence-electron chi connectivity index (χ0n) is 9.09. The summed E-state index contributed by atoms with van der Waals surface area (Å²) >= 11 is 0. The van der Waals surface area contributed by atoms with Crippen molar-refractivity contribution < 1.29 is 8.78 Å². The van der Waals surface area contributed by atoms with Crippen LogP contribution in [0.4, 0.5) is 14.5 Å². The quantitative estimate of drug-likeness (QED) is 0.882. The van der Waals surface area contributed by atoms with Crippen molar-refractivity contribution in [3.63, 3.8) is 0 Å². The van der Waals surface area contributed by atoms with Gasteiger partial charge in [-0.15, -0.1) is 0 Å². The second-order valence-electron chi connectivity index (χ2n) is 3.48. The van der Waals surface area contributed by atoms with E-state index in [1.165, 1.54) is 24.3 Å². The fraction of sp³-hybridized carbons (Fsp3) is 0.300. The molecule has 2 aromatic heterocycles. The predicted molar refractivity (Wildman–Crippen MR) is 58.2 cm³/mol. The van der Waals surface area contributed by atoms with Crippen LogP contribution in [-0.4, -0.2) is 32.2 Å². The summed E-state index contributed by atoms with van der Waals surface area (Å²) in [6.07, 6.45) is 1.93. The fourth-order valence-electron chi connectivity index (χ4n) is 1.32. The van der Waals surface area contributed by atoms with E-state index in [1.807, 2.05) is 0 Å². The Labute approximate surface area is 96.5 Å². The van der Waals surface area contributed by atoms with Gasteiger partial charge in [-0.2, -0.15) is 5.10 Å². The van der Waals surface area contributed by atoms with Crippen LogP contribution >= 0.6 is 0 Å². The summed E-state index contributed by atoms with van der Waals surface area (Å²) < 4.78 is 26.4. The number of pyridine rings is 1. The normalized spacial score (nSPS) is 12.7. The molecule has 7 heteroatoms. The lowest BCUT2D eigenvalue weighted by Gasteiger charge is -2.16. The Morgan fingerprint density at radius 1 is 1.41 bits per heavy atom. The molecule has 0 aliphatic heterocycles. The molecule has 1 N–H and O–H groups in total. The van der Waals surface area contributed by atoms with Crippen molar-refractivity contribution in [2.75, 3.05) is 5.32 Å². The van der Waals surface area contributed by atoms with Gasteiger partial charge in [-0.05, 0) is 19.1 Å². The predicted octanol–water partition coefficient (Wildman–Crippen LogP) is 1.73. The molecule has 90 valence electrons. The van der Waals surface area contributed by atoms with Crippen molar-refractivity contribution in [2.24, 2.45) is 0 Å². The number of rotatable bonds is 4. The highest BCUT2D eigenvalue weighted by Gasteiger charge is 2.16. The number of halogens is 2. The Bertz CT molecular complexity index is 471. The number of alkyl halides is 2. The van der Waals surface area contributed by atoms with E-state index in [9.17, 15) is 8.78 Å². The van der Waals surface area contributed by atoms with E-state index in [2.05, 4.69) is 20.4 Å². The minimum atomic E-state index is -2.45. The third-order valence-corrected chi connectivity index (χ3v) is 2.18. The van der Waals surface area contributed by atoms with Gasteiger partial charge >= 0.3 is 0 Å². The van der Waals surface area contributed by atoms with Crippen LogP contribution in [0.3, 0.4) is 0 Å². The van der Waals surface area contributed by atoms with Gasteiger partial charge in [0.25, 0.3) is 6.43 Å². The lowest BCUT2D eigenvalue weighted by atomic mass is 10.3. The molecule has 0 saturated heterocycles. The summed E-state index contributed by atoms with van der Waals surface area (Å²) in [5, 5.41) is 6.61. The van der Waals surface area contributed by atoms with Crippen molar-refractivity contribution in [3.05, 3.63) is 31.0 Å². The average Bonchev–Trinajstić information content (AvgIpc) is 2.83. The van der Waals surface area contributed by atoms with Gasteiger partial charge in [0.2, 0.25) is 0 Å². The number of nitrogens with zero attached hydrogens (tertiary/aromatic N) is 4. The van der Waals surface area contributed by atoms with Gasteiger partial charge in [0.15, 0.2) is 5.82 Å². The minimum Gasteiger partial charge on any atom is -0.374 e. The number of anilines is 1. The largest absolute Gasteiger partial charge is 0.374 e. The molecule has 0 spiro atoms. The number of aromatic nitrogens is 4. The first-order chi connectivity index (χ1) is 8.18. The molecule has 0 radical (unpaired) electrons. The molecular weight excluding hydrogens is 228 g/mol. The van der Waals surface area contributed by atoms with Crippen LogP contribution in [0.2, 0.25) is 0 Å². The van der Waals surface area contributed by atoms with Gasteiger partial charge in [0.05, 0.1) is 11.7 Å². The van der Waals surface area contributed by atoms with Crippen molar-refractivity contribution in [1.82, 2.24) is 19.7 Å². The van der Waals surface area contributed by atoms with E-state index in [0.29, 0.717) is 11.5 Å². The van der Waals surface area contributed by atoms with Crippen LogP contribution in [0.1, 0.15) is 6.92 Å². The van der Waals surface area contributed by atoms with E-state index in [4.69, 9.17) is 0 Å². The van der Waals surface area contributed by atoms with Gasteiger partial charge in [-0.3, -0.25) is 0 Å². The van der Waals surface area contributed by atoms with Crippen LogP contribution in [0.25, 0.3) is 5.82 Å². The van der Waals surface area contributed by atoms with Crippen LogP contribution in [0.15, 0.2) is 31.0 Å². The smallest absolute Gasteiger partial charge is 0.258 e. The minimum absolute atomic E-state index is 0.442. The molecule has 0 fully saturated rings. The fourth-order valence-corrected chi connectivity index (χ4v) is 1.32. The van der Waals surface area contributed by atoms with Crippen LogP contribution in [0, 0.1) is 0 Å². The molecule has 17 heavy (non-hydrogen) atoms. The molecule has 0 aliphatic rings. The highest BCUT2D eigenvalue weighted by molar-refractivity contribution is 5.56. The molecule has 2 heterocycles. The zero-order chi connectivity index (χ0) is 12.3. The summed E-state index contributed by atoms with van der Waals surface area (Å²) in [5.74, 6) is 0.442. The highest BCUT2D eigenvalue weighted by Crippen LogP contribution is 2.18. The lowest BCUT2D eigenvalue weighted by molar-refractivity contribution is 0.130. The molecule has 0 aliphatic carbocycles. The zero-order valence-corrected chi connectivity index (χ0v) is 9.09. The molecule has 2 aromatic rings. The van der Waals surface area contributed by atoms with E-state index >= 15 is 0 Å². The first kappa shape index (κ1) is 11.4. The maximum Gasteiger partial charge on any atom is 0.258 e. The molecule has 1 atom stereocenters. The van der Waals surface area contributed by atoms with E-state index in [-0.39, 0.29) is 0 Å². The van der Waals surface area contributed by atoms with E-state index in [1.54, 1.807) is 18.3 Å². The molecule has 5 nitrogen and oxygen atoms in total. The number of nitrogens with one attached hydrogen (secondary N) is 1. The molecule has 1 unspecified atom stereocenters. The average molecular weight is 239 g/mol. The molecule has 0 bridgehead atoms. The van der Waals surface area contributed by atoms with Gasteiger partial charge in [0, 0.05) is 6.20 Å². The molecule has 2 rings (SSSR count). The van der Waals surface area contributed by atoms with Crippen LogP contribution in [-0.2, 0) is 0 Å². The summed E-state index contributed by atoms with van der Waals surface area (Å²) in [6, 6.07) is 2.38. The molecule has 0 saturated carbocycles. The van der Waals surface area contributed by atoms with Gasteiger partial charge < -0.3 is 5.32 Å². The van der Waals surface area contributed by atoms with Gasteiger partial charge in [-0.25, -0.2) is 23.4 Å². The van der Waals surface area contributed by atoms with Gasteiger partial charge in [0.1, 0.15) is 12.7 Å². The van der Waals surface area contributed by atoms with E-state index in [0.717, 1.165) is 0 Å². The van der Waals surface area contributed by atoms with Crippen molar-refractivity contribution in [2.45, 2.75) is 19.4 Å². The molecule has 0 aromatic carbocycles. The highest BCUT2D eigenvalue weighted by atomic mass is 19.3. The molecular formula is C10H11F2N5. The number of hydrogen-bond donors (Lipinski definition) is 1. The summed E-state index contributed by atoms with van der Waals surface area (Å²) in [4.78, 5) is 7.88. The monoisotopic (exact) mass is 239 g/mol. The SMILES string of the molecule is CC(Nc1cccnc1-n1cncn1)C(F)F. The first-order valence-electron chi connectivity index (χ1n) is 5.03. The topological polar surface area (TPSA) is 55.6 Å². The third kappa shape index (κ3) is 2.55. The Morgan fingerprint density at radius 3 is 2.88 bits per heavy atom.